The van der Waals surface area contributed by atoms with Gasteiger partial charge in [-0.1, -0.05) is 24.3 Å². The van der Waals surface area contributed by atoms with E-state index in [9.17, 15) is 4.79 Å². The number of ether oxygens (including phenoxy) is 1. The molecule has 0 bridgehead atoms. The monoisotopic (exact) mass is 281 g/mol. The van der Waals surface area contributed by atoms with Crippen LogP contribution in [0.4, 0.5) is 0 Å². The summed E-state index contributed by atoms with van der Waals surface area (Å²) >= 11 is 0. The molecule has 108 valence electrons. The fourth-order valence-electron chi connectivity index (χ4n) is 2.86. The van der Waals surface area contributed by atoms with Gasteiger partial charge in [-0.2, -0.15) is 0 Å². The first-order chi connectivity index (χ1) is 10.2. The number of amides is 1. The Labute approximate surface area is 125 Å². The molecule has 0 unspecified atom stereocenters. The van der Waals surface area contributed by atoms with Crippen molar-refractivity contribution in [3.05, 3.63) is 64.7 Å². The summed E-state index contributed by atoms with van der Waals surface area (Å²) in [5.74, 6) is 0.908. The van der Waals surface area contributed by atoms with Crippen LogP contribution in [-0.2, 0) is 13.0 Å². The summed E-state index contributed by atoms with van der Waals surface area (Å²) in [5.41, 5.74) is 4.32. The molecule has 0 fully saturated rings. The number of methoxy groups -OCH3 is 1. The van der Waals surface area contributed by atoms with E-state index in [-0.39, 0.29) is 5.91 Å². The molecule has 3 nitrogen and oxygen atoms in total. The number of fused-ring (bicyclic) bond motifs is 1. The fourth-order valence-corrected chi connectivity index (χ4v) is 2.86. The van der Waals surface area contributed by atoms with Gasteiger partial charge in [0.1, 0.15) is 5.75 Å². The third kappa shape index (κ3) is 2.64. The minimum Gasteiger partial charge on any atom is -0.496 e. The van der Waals surface area contributed by atoms with E-state index in [0.717, 1.165) is 29.8 Å². The molecule has 2 aromatic carbocycles. The molecule has 0 aromatic heterocycles. The van der Waals surface area contributed by atoms with Crippen LogP contribution in [0, 0.1) is 6.92 Å². The standard InChI is InChI=1S/C18H19NO2/c1-13-11-15(7-8-17(13)21-2)18(20)19-10-9-14-5-3-4-6-16(14)12-19/h3-8,11H,9-10,12H2,1-2H3. The molecule has 3 heteroatoms. The molecule has 0 radical (unpaired) electrons. The summed E-state index contributed by atoms with van der Waals surface area (Å²) in [6, 6.07) is 14.0. The predicted molar refractivity (Wildman–Crippen MR) is 82.6 cm³/mol. The number of benzene rings is 2. The Bertz CT molecular complexity index is 679. The third-order valence-electron chi connectivity index (χ3n) is 4.06. The fraction of sp³-hybridized carbons (Fsp3) is 0.278. The average Bonchev–Trinajstić information content (AvgIpc) is 2.53. The number of rotatable bonds is 2. The molecule has 1 aliphatic rings. The van der Waals surface area contributed by atoms with E-state index < -0.39 is 0 Å². The Morgan fingerprint density at radius 3 is 2.62 bits per heavy atom. The lowest BCUT2D eigenvalue weighted by molar-refractivity contribution is 0.0734. The molecule has 1 aliphatic heterocycles. The second-order valence-corrected chi connectivity index (χ2v) is 5.43. The SMILES string of the molecule is COc1ccc(C(=O)N2CCc3ccccc3C2)cc1C. The van der Waals surface area contributed by atoms with Crippen molar-refractivity contribution in [2.45, 2.75) is 19.9 Å². The first kappa shape index (κ1) is 13.7. The Balaban J connectivity index is 1.82. The minimum atomic E-state index is 0.0928. The number of aryl methyl sites for hydroxylation is 1. The van der Waals surface area contributed by atoms with Gasteiger partial charge in [-0.05, 0) is 48.2 Å². The molecule has 1 heterocycles. The van der Waals surface area contributed by atoms with Gasteiger partial charge in [0.05, 0.1) is 7.11 Å². The lowest BCUT2D eigenvalue weighted by atomic mass is 9.99. The highest BCUT2D eigenvalue weighted by Gasteiger charge is 2.21. The zero-order valence-corrected chi connectivity index (χ0v) is 12.4. The molecule has 2 aromatic rings. The van der Waals surface area contributed by atoms with E-state index in [1.165, 1.54) is 11.1 Å². The topological polar surface area (TPSA) is 29.5 Å². The molecular formula is C18H19NO2. The number of hydrogen-bond acceptors (Lipinski definition) is 2. The molecule has 0 N–H and O–H groups in total. The largest absolute Gasteiger partial charge is 0.496 e. The summed E-state index contributed by atoms with van der Waals surface area (Å²) in [7, 11) is 1.64. The van der Waals surface area contributed by atoms with Crippen LogP contribution < -0.4 is 4.74 Å². The van der Waals surface area contributed by atoms with Crippen LogP contribution >= 0.6 is 0 Å². The summed E-state index contributed by atoms with van der Waals surface area (Å²) in [6.45, 7) is 3.43. The highest BCUT2D eigenvalue weighted by atomic mass is 16.5. The van der Waals surface area contributed by atoms with Crippen molar-refractivity contribution < 1.29 is 9.53 Å². The molecule has 0 saturated carbocycles. The average molecular weight is 281 g/mol. The lowest BCUT2D eigenvalue weighted by Crippen LogP contribution is -2.35. The first-order valence-electron chi connectivity index (χ1n) is 7.20. The van der Waals surface area contributed by atoms with Crippen LogP contribution in [0.25, 0.3) is 0 Å². The predicted octanol–water partition coefficient (Wildman–Crippen LogP) is 3.20. The normalized spacial score (nSPS) is 13.7. The van der Waals surface area contributed by atoms with Crippen molar-refractivity contribution in [3.8, 4) is 5.75 Å². The van der Waals surface area contributed by atoms with E-state index in [2.05, 4.69) is 18.2 Å². The van der Waals surface area contributed by atoms with Gasteiger partial charge in [0, 0.05) is 18.7 Å². The van der Waals surface area contributed by atoms with E-state index in [4.69, 9.17) is 4.74 Å². The Hall–Kier alpha value is -2.29. The van der Waals surface area contributed by atoms with Gasteiger partial charge < -0.3 is 9.64 Å². The van der Waals surface area contributed by atoms with Crippen LogP contribution in [-0.4, -0.2) is 24.5 Å². The second-order valence-electron chi connectivity index (χ2n) is 5.43. The van der Waals surface area contributed by atoms with Crippen molar-refractivity contribution in [3.63, 3.8) is 0 Å². The molecule has 0 saturated heterocycles. The Morgan fingerprint density at radius 1 is 1.14 bits per heavy atom. The van der Waals surface area contributed by atoms with Gasteiger partial charge >= 0.3 is 0 Å². The van der Waals surface area contributed by atoms with Gasteiger partial charge in [-0.3, -0.25) is 4.79 Å². The van der Waals surface area contributed by atoms with E-state index in [0.29, 0.717) is 6.54 Å². The van der Waals surface area contributed by atoms with Crippen LogP contribution in [0.5, 0.6) is 5.75 Å². The number of carbonyl (C=O) groups excluding carboxylic acids is 1. The van der Waals surface area contributed by atoms with Gasteiger partial charge in [-0.25, -0.2) is 0 Å². The lowest BCUT2D eigenvalue weighted by Gasteiger charge is -2.29. The minimum absolute atomic E-state index is 0.0928. The van der Waals surface area contributed by atoms with Crippen LogP contribution in [0.3, 0.4) is 0 Å². The van der Waals surface area contributed by atoms with Crippen molar-refractivity contribution in [2.24, 2.45) is 0 Å². The molecule has 0 spiro atoms. The first-order valence-corrected chi connectivity index (χ1v) is 7.20. The molecule has 1 amide bonds. The van der Waals surface area contributed by atoms with Crippen molar-refractivity contribution in [1.29, 1.82) is 0 Å². The van der Waals surface area contributed by atoms with Gasteiger partial charge in [0.2, 0.25) is 0 Å². The maximum absolute atomic E-state index is 12.6. The highest BCUT2D eigenvalue weighted by molar-refractivity contribution is 5.94. The number of nitrogens with zero attached hydrogens (tertiary/aromatic N) is 1. The van der Waals surface area contributed by atoms with Crippen LogP contribution in [0.2, 0.25) is 0 Å². The number of hydrogen-bond donors (Lipinski definition) is 0. The molecule has 0 atom stereocenters. The van der Waals surface area contributed by atoms with Crippen LogP contribution in [0.1, 0.15) is 27.0 Å². The Kier molecular flexibility index (Phi) is 3.65. The second kappa shape index (κ2) is 5.60. The van der Waals surface area contributed by atoms with Gasteiger partial charge in [-0.15, -0.1) is 0 Å². The van der Waals surface area contributed by atoms with Crippen molar-refractivity contribution >= 4 is 5.91 Å². The van der Waals surface area contributed by atoms with E-state index >= 15 is 0 Å². The molecule has 21 heavy (non-hydrogen) atoms. The Morgan fingerprint density at radius 2 is 1.90 bits per heavy atom. The van der Waals surface area contributed by atoms with Crippen molar-refractivity contribution in [1.82, 2.24) is 4.90 Å². The smallest absolute Gasteiger partial charge is 0.254 e. The quantitative estimate of drug-likeness (QED) is 0.846. The van der Waals surface area contributed by atoms with Crippen LogP contribution in [0.15, 0.2) is 42.5 Å². The number of carbonyl (C=O) groups is 1. The molecule has 0 aliphatic carbocycles. The summed E-state index contributed by atoms with van der Waals surface area (Å²) < 4.78 is 5.25. The zero-order valence-electron chi connectivity index (χ0n) is 12.4. The van der Waals surface area contributed by atoms with Gasteiger partial charge in [0.25, 0.3) is 5.91 Å². The maximum atomic E-state index is 12.6. The summed E-state index contributed by atoms with van der Waals surface area (Å²) in [6.07, 6.45) is 0.928. The zero-order chi connectivity index (χ0) is 14.8. The van der Waals surface area contributed by atoms with Crippen molar-refractivity contribution in [2.75, 3.05) is 13.7 Å². The van der Waals surface area contributed by atoms with E-state index in [1.54, 1.807) is 7.11 Å². The molecule has 3 rings (SSSR count). The maximum Gasteiger partial charge on any atom is 0.254 e. The highest BCUT2D eigenvalue weighted by Crippen LogP contribution is 2.23. The molecular weight excluding hydrogens is 262 g/mol. The summed E-state index contributed by atoms with van der Waals surface area (Å²) in [4.78, 5) is 14.6. The van der Waals surface area contributed by atoms with E-state index in [1.807, 2.05) is 36.1 Å². The third-order valence-corrected chi connectivity index (χ3v) is 4.06. The summed E-state index contributed by atoms with van der Waals surface area (Å²) in [5, 5.41) is 0. The van der Waals surface area contributed by atoms with Gasteiger partial charge in [0.15, 0.2) is 0 Å².